The first-order valence-electron chi connectivity index (χ1n) is 9.99. The van der Waals surface area contributed by atoms with E-state index in [1.807, 2.05) is 12.1 Å². The SMILES string of the molecule is C=CC(=O)NCc1ccc(NCCCCCCCCCCCC)cc1. The summed E-state index contributed by atoms with van der Waals surface area (Å²) >= 11 is 0. The summed E-state index contributed by atoms with van der Waals surface area (Å²) in [6.45, 7) is 7.29. The molecule has 0 fully saturated rings. The fraction of sp³-hybridized carbons (Fsp3) is 0.591. The second-order valence-electron chi connectivity index (χ2n) is 6.73. The molecule has 1 aromatic rings. The van der Waals surface area contributed by atoms with Crippen molar-refractivity contribution in [3.8, 4) is 0 Å². The zero-order valence-corrected chi connectivity index (χ0v) is 16.0. The van der Waals surface area contributed by atoms with Crippen LogP contribution < -0.4 is 10.6 Å². The first-order chi connectivity index (χ1) is 12.3. The average molecular weight is 345 g/mol. The third-order valence-corrected chi connectivity index (χ3v) is 4.47. The maximum atomic E-state index is 11.1. The van der Waals surface area contributed by atoms with Crippen molar-refractivity contribution in [2.24, 2.45) is 0 Å². The Morgan fingerprint density at radius 1 is 0.920 bits per heavy atom. The van der Waals surface area contributed by atoms with Crippen LogP contribution in [0.4, 0.5) is 5.69 Å². The molecule has 1 amide bonds. The van der Waals surface area contributed by atoms with Gasteiger partial charge in [0.2, 0.25) is 5.91 Å². The molecule has 0 radical (unpaired) electrons. The molecule has 2 N–H and O–H groups in total. The number of unbranched alkanes of at least 4 members (excludes halogenated alkanes) is 9. The molecule has 140 valence electrons. The highest BCUT2D eigenvalue weighted by Gasteiger charge is 1.97. The number of amides is 1. The number of rotatable bonds is 15. The van der Waals surface area contributed by atoms with Crippen molar-refractivity contribution >= 4 is 11.6 Å². The maximum Gasteiger partial charge on any atom is 0.243 e. The molecule has 0 saturated carbocycles. The fourth-order valence-corrected chi connectivity index (χ4v) is 2.85. The largest absolute Gasteiger partial charge is 0.385 e. The van der Waals surface area contributed by atoms with Crippen LogP contribution in [0.15, 0.2) is 36.9 Å². The topological polar surface area (TPSA) is 41.1 Å². The lowest BCUT2D eigenvalue weighted by atomic mass is 10.1. The minimum Gasteiger partial charge on any atom is -0.385 e. The first kappa shape index (κ1) is 21.3. The van der Waals surface area contributed by atoms with Gasteiger partial charge < -0.3 is 10.6 Å². The Labute approximate surface area is 154 Å². The minimum absolute atomic E-state index is 0.136. The van der Waals surface area contributed by atoms with Gasteiger partial charge in [0, 0.05) is 18.8 Å². The summed E-state index contributed by atoms with van der Waals surface area (Å²) in [5.74, 6) is -0.136. The Morgan fingerprint density at radius 3 is 2.04 bits per heavy atom. The zero-order valence-electron chi connectivity index (χ0n) is 16.0. The van der Waals surface area contributed by atoms with Gasteiger partial charge in [0.15, 0.2) is 0 Å². The predicted molar refractivity (Wildman–Crippen MR) is 109 cm³/mol. The molecule has 0 aromatic heterocycles. The summed E-state index contributed by atoms with van der Waals surface area (Å²) in [6.07, 6.45) is 15.0. The summed E-state index contributed by atoms with van der Waals surface area (Å²) in [6, 6.07) is 8.24. The molecular formula is C22H36N2O. The molecule has 0 atom stereocenters. The number of hydrogen-bond acceptors (Lipinski definition) is 2. The Bertz CT molecular complexity index is 467. The molecule has 0 aliphatic rings. The average Bonchev–Trinajstić information content (AvgIpc) is 2.65. The standard InChI is InChI=1S/C22H36N2O/c1-3-5-6-7-8-9-10-11-12-13-18-23-21-16-14-20(15-17-21)19-24-22(25)4-2/h4,14-17,23H,2-3,5-13,18-19H2,1H3,(H,24,25). The molecule has 0 aliphatic heterocycles. The molecule has 0 saturated heterocycles. The summed E-state index contributed by atoms with van der Waals surface area (Å²) in [5, 5.41) is 6.25. The third kappa shape index (κ3) is 11.4. The number of carbonyl (C=O) groups is 1. The van der Waals surface area contributed by atoms with Crippen LogP contribution in [0, 0.1) is 0 Å². The minimum atomic E-state index is -0.136. The summed E-state index contributed by atoms with van der Waals surface area (Å²) in [7, 11) is 0. The lowest BCUT2D eigenvalue weighted by molar-refractivity contribution is -0.116. The van der Waals surface area contributed by atoms with Crippen molar-refractivity contribution in [3.05, 3.63) is 42.5 Å². The third-order valence-electron chi connectivity index (χ3n) is 4.47. The zero-order chi connectivity index (χ0) is 18.2. The van der Waals surface area contributed by atoms with Crippen molar-refractivity contribution in [1.82, 2.24) is 5.32 Å². The smallest absolute Gasteiger partial charge is 0.243 e. The Kier molecular flexibility index (Phi) is 12.4. The first-order valence-corrected chi connectivity index (χ1v) is 9.99. The summed E-state index contributed by atoms with van der Waals surface area (Å²) in [5.41, 5.74) is 2.24. The highest BCUT2D eigenvalue weighted by Crippen LogP contribution is 2.12. The van der Waals surface area contributed by atoms with E-state index in [0.29, 0.717) is 6.54 Å². The molecule has 0 spiro atoms. The van der Waals surface area contributed by atoms with E-state index in [-0.39, 0.29) is 5.91 Å². The van der Waals surface area contributed by atoms with Gasteiger partial charge in [-0.05, 0) is 30.2 Å². The highest BCUT2D eigenvalue weighted by molar-refractivity contribution is 5.86. The number of hydrogen-bond donors (Lipinski definition) is 2. The van der Waals surface area contributed by atoms with Crippen LogP contribution in [0.2, 0.25) is 0 Å². The van der Waals surface area contributed by atoms with Gasteiger partial charge in [-0.1, -0.05) is 83.4 Å². The van der Waals surface area contributed by atoms with Crippen molar-refractivity contribution < 1.29 is 4.79 Å². The van der Waals surface area contributed by atoms with E-state index >= 15 is 0 Å². The molecule has 1 rings (SSSR count). The molecule has 1 aromatic carbocycles. The molecule has 0 heterocycles. The van der Waals surface area contributed by atoms with Crippen molar-refractivity contribution in [2.75, 3.05) is 11.9 Å². The van der Waals surface area contributed by atoms with E-state index in [2.05, 4.69) is 36.3 Å². The fourth-order valence-electron chi connectivity index (χ4n) is 2.85. The van der Waals surface area contributed by atoms with Gasteiger partial charge in [0.1, 0.15) is 0 Å². The van der Waals surface area contributed by atoms with Crippen LogP contribution in [0.1, 0.15) is 76.7 Å². The van der Waals surface area contributed by atoms with Crippen molar-refractivity contribution in [2.45, 2.75) is 77.7 Å². The quantitative estimate of drug-likeness (QED) is 0.311. The Hall–Kier alpha value is -1.77. The molecule has 0 bridgehead atoms. The molecule has 25 heavy (non-hydrogen) atoms. The van der Waals surface area contributed by atoms with Crippen LogP contribution in [0.25, 0.3) is 0 Å². The van der Waals surface area contributed by atoms with Crippen LogP contribution in [0.3, 0.4) is 0 Å². The number of benzene rings is 1. The summed E-state index contributed by atoms with van der Waals surface area (Å²) < 4.78 is 0. The van der Waals surface area contributed by atoms with E-state index in [9.17, 15) is 4.79 Å². The van der Waals surface area contributed by atoms with E-state index in [0.717, 1.165) is 17.8 Å². The lowest BCUT2D eigenvalue weighted by Crippen LogP contribution is -2.19. The molecule has 3 heteroatoms. The van der Waals surface area contributed by atoms with Gasteiger partial charge in [0.25, 0.3) is 0 Å². The maximum absolute atomic E-state index is 11.1. The van der Waals surface area contributed by atoms with Crippen molar-refractivity contribution in [3.63, 3.8) is 0 Å². The molecule has 3 nitrogen and oxygen atoms in total. The van der Waals surface area contributed by atoms with Crippen LogP contribution in [-0.4, -0.2) is 12.5 Å². The highest BCUT2D eigenvalue weighted by atomic mass is 16.1. The molecule has 0 aliphatic carbocycles. The van der Waals surface area contributed by atoms with Crippen LogP contribution >= 0.6 is 0 Å². The normalized spacial score (nSPS) is 10.4. The lowest BCUT2D eigenvalue weighted by Gasteiger charge is -2.08. The van der Waals surface area contributed by atoms with Crippen molar-refractivity contribution in [1.29, 1.82) is 0 Å². The van der Waals surface area contributed by atoms with E-state index in [1.54, 1.807) is 0 Å². The van der Waals surface area contributed by atoms with Gasteiger partial charge in [-0.2, -0.15) is 0 Å². The van der Waals surface area contributed by atoms with Crippen LogP contribution in [-0.2, 0) is 11.3 Å². The van der Waals surface area contributed by atoms with Gasteiger partial charge in [-0.15, -0.1) is 0 Å². The second kappa shape index (κ2) is 14.6. The Morgan fingerprint density at radius 2 is 1.48 bits per heavy atom. The van der Waals surface area contributed by atoms with Gasteiger partial charge >= 0.3 is 0 Å². The Balaban J connectivity index is 1.99. The van der Waals surface area contributed by atoms with E-state index < -0.39 is 0 Å². The molecular weight excluding hydrogens is 308 g/mol. The second-order valence-corrected chi connectivity index (χ2v) is 6.73. The number of anilines is 1. The summed E-state index contributed by atoms with van der Waals surface area (Å²) in [4.78, 5) is 11.1. The van der Waals surface area contributed by atoms with E-state index in [4.69, 9.17) is 0 Å². The van der Waals surface area contributed by atoms with Crippen LogP contribution in [0.5, 0.6) is 0 Å². The van der Waals surface area contributed by atoms with Gasteiger partial charge in [0.05, 0.1) is 0 Å². The van der Waals surface area contributed by atoms with Gasteiger partial charge in [-0.3, -0.25) is 4.79 Å². The predicted octanol–water partition coefficient (Wildman–Crippen LogP) is 5.82. The number of carbonyl (C=O) groups excluding carboxylic acids is 1. The molecule has 0 unspecified atom stereocenters. The number of nitrogens with one attached hydrogen (secondary N) is 2. The monoisotopic (exact) mass is 344 g/mol. The van der Waals surface area contributed by atoms with E-state index in [1.165, 1.54) is 70.3 Å². The van der Waals surface area contributed by atoms with Gasteiger partial charge in [-0.25, -0.2) is 0 Å².